The van der Waals surface area contributed by atoms with Gasteiger partial charge in [0.1, 0.15) is 17.3 Å². The lowest BCUT2D eigenvalue weighted by Crippen LogP contribution is -2.33. The molecule has 0 unspecified atom stereocenters. The van der Waals surface area contributed by atoms with Gasteiger partial charge in [-0.2, -0.15) is 0 Å². The largest absolute Gasteiger partial charge is 0.481 e. The second kappa shape index (κ2) is 24.1. The molecule has 242 valence electrons. The monoisotopic (exact) mass is 588 g/mol. The van der Waals surface area contributed by atoms with E-state index in [1.165, 1.54) is 38.5 Å². The number of hydrogen-bond donors (Lipinski definition) is 3. The van der Waals surface area contributed by atoms with Crippen molar-refractivity contribution in [2.24, 2.45) is 0 Å². The molecule has 0 spiro atoms. The summed E-state index contributed by atoms with van der Waals surface area (Å²) < 4.78 is 15.8. The van der Waals surface area contributed by atoms with Crippen LogP contribution in [0.25, 0.3) is 0 Å². The van der Waals surface area contributed by atoms with Gasteiger partial charge < -0.3 is 30.0 Å². The molecule has 41 heavy (non-hydrogen) atoms. The summed E-state index contributed by atoms with van der Waals surface area (Å²) in [5.41, 5.74) is -1.03. The number of ether oxygens (including phenoxy) is 3. The topological polar surface area (TPSA) is 140 Å². The Kier molecular flexibility index (Phi) is 23.9. The first-order valence-corrected chi connectivity index (χ1v) is 15.4. The first-order chi connectivity index (χ1) is 19.1. The van der Waals surface area contributed by atoms with Gasteiger partial charge >= 0.3 is 24.1 Å². The van der Waals surface area contributed by atoms with Gasteiger partial charge in [-0.25, -0.2) is 9.59 Å². The quantitative estimate of drug-likeness (QED) is 0.0799. The lowest BCUT2D eigenvalue weighted by Gasteiger charge is -2.20. The Morgan fingerprint density at radius 3 is 1.41 bits per heavy atom. The van der Waals surface area contributed by atoms with Crippen LogP contribution in [-0.2, 0) is 23.8 Å². The van der Waals surface area contributed by atoms with Gasteiger partial charge in [0.15, 0.2) is 0 Å². The first-order valence-electron chi connectivity index (χ1n) is 15.4. The molecule has 0 aliphatic rings. The number of unbranched alkanes of at least 4 members (excludes halogenated alkanes) is 6. The van der Waals surface area contributed by atoms with Gasteiger partial charge in [-0.05, 0) is 80.1 Å². The first kappa shape index (κ1) is 40.6. The number of nitrogens with one attached hydrogen (secondary N) is 2. The maximum absolute atomic E-state index is 12.1. The summed E-state index contributed by atoms with van der Waals surface area (Å²) in [6.07, 6.45) is 12.0. The third-order valence-electron chi connectivity index (χ3n) is 5.52. The van der Waals surface area contributed by atoms with Gasteiger partial charge in [0.2, 0.25) is 0 Å². The molecule has 0 atom stereocenters. The lowest BCUT2D eigenvalue weighted by atomic mass is 10.0. The Hall–Kier alpha value is -2.52. The average Bonchev–Trinajstić information content (AvgIpc) is 2.83. The lowest BCUT2D eigenvalue weighted by molar-refractivity contribution is -0.150. The molecule has 0 aromatic rings. The van der Waals surface area contributed by atoms with Crippen LogP contribution in [0.4, 0.5) is 9.59 Å². The molecule has 0 aliphatic heterocycles. The molecule has 10 nitrogen and oxygen atoms in total. The highest BCUT2D eigenvalue weighted by molar-refractivity contribution is 5.70. The zero-order valence-electron chi connectivity index (χ0n) is 27.2. The predicted octanol–water partition coefficient (Wildman–Crippen LogP) is 7.52. The summed E-state index contributed by atoms with van der Waals surface area (Å²) in [4.78, 5) is 44.9. The minimum absolute atomic E-state index is 0.0463. The van der Waals surface area contributed by atoms with Crippen molar-refractivity contribution in [2.45, 2.75) is 163 Å². The van der Waals surface area contributed by atoms with E-state index in [1.807, 2.05) is 20.8 Å². The fourth-order valence-corrected chi connectivity index (χ4v) is 3.59. The van der Waals surface area contributed by atoms with Gasteiger partial charge in [0, 0.05) is 25.9 Å². The van der Waals surface area contributed by atoms with E-state index in [1.54, 1.807) is 20.8 Å². The SMILES string of the molecule is CC(C)(C)OC(=O)NCCCC(=O)O.CCCCCCC(CCCCCC)OC(=O)CCCNC(=O)OC(C)(C)C. The standard InChI is InChI=1S/C22H43NO4.C9H17NO4/c1-6-8-10-12-15-19(16-13-11-9-7-2)26-20(24)17-14-18-23-21(25)27-22(3,4)5;1-9(2,3)14-8(13)10-6-4-5-7(11)12/h19H,6-18H2,1-5H3,(H,23,25);4-6H2,1-3H3,(H,10,13)(H,11,12). The molecule has 0 heterocycles. The summed E-state index contributed by atoms with van der Waals surface area (Å²) in [7, 11) is 0. The van der Waals surface area contributed by atoms with Gasteiger partial charge in [-0.1, -0.05) is 52.4 Å². The maximum atomic E-state index is 12.1. The molecule has 0 aromatic carbocycles. The number of carboxylic acids is 1. The van der Waals surface area contributed by atoms with Crippen LogP contribution >= 0.6 is 0 Å². The van der Waals surface area contributed by atoms with Gasteiger partial charge in [-0.3, -0.25) is 9.59 Å². The Bertz CT molecular complexity index is 702. The maximum Gasteiger partial charge on any atom is 0.407 e. The molecular formula is C31H60N2O8. The summed E-state index contributed by atoms with van der Waals surface area (Å²) in [6.45, 7) is 15.9. The minimum atomic E-state index is -0.865. The number of hydrogen-bond acceptors (Lipinski definition) is 7. The highest BCUT2D eigenvalue weighted by Crippen LogP contribution is 2.16. The molecule has 0 aliphatic carbocycles. The van der Waals surface area contributed by atoms with E-state index in [0.717, 1.165) is 25.7 Å². The van der Waals surface area contributed by atoms with Crippen LogP contribution in [0.2, 0.25) is 0 Å². The van der Waals surface area contributed by atoms with E-state index >= 15 is 0 Å². The van der Waals surface area contributed by atoms with Gasteiger partial charge in [0.05, 0.1) is 0 Å². The van der Waals surface area contributed by atoms with Crippen molar-refractivity contribution in [3.63, 3.8) is 0 Å². The van der Waals surface area contributed by atoms with Crippen LogP contribution < -0.4 is 10.6 Å². The molecule has 10 heteroatoms. The van der Waals surface area contributed by atoms with Crippen molar-refractivity contribution in [2.75, 3.05) is 13.1 Å². The molecule has 0 radical (unpaired) electrons. The van der Waals surface area contributed by atoms with E-state index in [0.29, 0.717) is 32.4 Å². The summed E-state index contributed by atoms with van der Waals surface area (Å²) in [5, 5.41) is 13.5. The van der Waals surface area contributed by atoms with E-state index in [9.17, 15) is 19.2 Å². The molecular weight excluding hydrogens is 528 g/mol. The Labute approximate surface area is 249 Å². The second-order valence-electron chi connectivity index (χ2n) is 12.3. The molecule has 0 aromatic heterocycles. The van der Waals surface area contributed by atoms with Crippen LogP contribution in [0.5, 0.6) is 0 Å². The molecule has 0 saturated carbocycles. The second-order valence-corrected chi connectivity index (χ2v) is 12.3. The van der Waals surface area contributed by atoms with Crippen molar-refractivity contribution >= 4 is 24.1 Å². The van der Waals surface area contributed by atoms with Crippen molar-refractivity contribution < 1.29 is 38.5 Å². The van der Waals surface area contributed by atoms with Crippen molar-refractivity contribution in [1.29, 1.82) is 0 Å². The van der Waals surface area contributed by atoms with Crippen LogP contribution in [0.3, 0.4) is 0 Å². The molecule has 2 amide bonds. The Morgan fingerprint density at radius 2 is 1.05 bits per heavy atom. The third-order valence-corrected chi connectivity index (χ3v) is 5.52. The van der Waals surface area contributed by atoms with Crippen molar-refractivity contribution in [3.05, 3.63) is 0 Å². The van der Waals surface area contributed by atoms with Crippen LogP contribution in [0, 0.1) is 0 Å². The fourth-order valence-electron chi connectivity index (χ4n) is 3.59. The van der Waals surface area contributed by atoms with Crippen LogP contribution in [0.15, 0.2) is 0 Å². The number of rotatable bonds is 19. The third kappa shape index (κ3) is 33.6. The zero-order chi connectivity index (χ0) is 31.7. The summed E-state index contributed by atoms with van der Waals surface area (Å²) in [5.74, 6) is -1.02. The Morgan fingerprint density at radius 1 is 0.634 bits per heavy atom. The number of amides is 2. The number of aliphatic carboxylic acids is 1. The normalized spacial score (nSPS) is 11.2. The average molecular weight is 589 g/mol. The molecule has 0 bridgehead atoms. The molecule has 0 fully saturated rings. The van der Waals surface area contributed by atoms with Crippen LogP contribution in [0.1, 0.15) is 145 Å². The molecule has 3 N–H and O–H groups in total. The van der Waals surface area contributed by atoms with Crippen molar-refractivity contribution in [3.8, 4) is 0 Å². The van der Waals surface area contributed by atoms with E-state index in [2.05, 4.69) is 24.5 Å². The van der Waals surface area contributed by atoms with E-state index in [4.69, 9.17) is 19.3 Å². The number of alkyl carbamates (subject to hydrolysis) is 2. The predicted molar refractivity (Wildman–Crippen MR) is 162 cm³/mol. The molecule has 0 saturated heterocycles. The molecule has 0 rings (SSSR count). The highest BCUT2D eigenvalue weighted by atomic mass is 16.6. The summed E-state index contributed by atoms with van der Waals surface area (Å²) >= 11 is 0. The number of carbonyl (C=O) groups is 4. The number of esters is 1. The minimum Gasteiger partial charge on any atom is -0.481 e. The zero-order valence-corrected chi connectivity index (χ0v) is 27.2. The number of carboxylic acid groups (broad SMARTS) is 1. The van der Waals surface area contributed by atoms with E-state index in [-0.39, 0.29) is 18.5 Å². The van der Waals surface area contributed by atoms with Crippen LogP contribution in [-0.4, -0.2) is 59.6 Å². The number of carbonyl (C=O) groups excluding carboxylic acids is 3. The highest BCUT2D eigenvalue weighted by Gasteiger charge is 2.17. The summed E-state index contributed by atoms with van der Waals surface area (Å²) in [6, 6.07) is 0. The van der Waals surface area contributed by atoms with E-state index < -0.39 is 29.4 Å². The Balaban J connectivity index is 0. The fraction of sp³-hybridized carbons (Fsp3) is 0.871. The van der Waals surface area contributed by atoms with Crippen molar-refractivity contribution in [1.82, 2.24) is 10.6 Å². The van der Waals surface area contributed by atoms with Gasteiger partial charge in [-0.15, -0.1) is 0 Å². The van der Waals surface area contributed by atoms with Gasteiger partial charge in [0.25, 0.3) is 0 Å². The smallest absolute Gasteiger partial charge is 0.407 e.